The fourth-order valence-electron chi connectivity index (χ4n) is 1.87. The van der Waals surface area contributed by atoms with Crippen LogP contribution in [0, 0.1) is 18.6 Å². The van der Waals surface area contributed by atoms with Crippen molar-refractivity contribution in [2.24, 2.45) is 0 Å². The number of sulfonamides is 1. The largest absolute Gasteiger partial charge is 0.392 e. The lowest BCUT2D eigenvalue weighted by atomic mass is 10.2. The maximum Gasteiger partial charge on any atom is 0.264 e. The molecule has 0 atom stereocenters. The highest BCUT2D eigenvalue weighted by atomic mass is 32.2. The third-order valence-electron chi connectivity index (χ3n) is 2.76. The van der Waals surface area contributed by atoms with Crippen molar-refractivity contribution in [3.63, 3.8) is 0 Å². The Morgan fingerprint density at radius 2 is 1.86 bits per heavy atom. The van der Waals surface area contributed by atoms with Crippen LogP contribution in [0.15, 0.2) is 41.3 Å². The van der Waals surface area contributed by atoms with Crippen molar-refractivity contribution in [3.05, 3.63) is 59.2 Å². The van der Waals surface area contributed by atoms with Gasteiger partial charge in [-0.1, -0.05) is 6.07 Å². The Kier molecular flexibility index (Phi) is 4.24. The van der Waals surface area contributed by atoms with E-state index in [1.54, 1.807) is 6.92 Å². The first kappa shape index (κ1) is 15.4. The van der Waals surface area contributed by atoms with Crippen molar-refractivity contribution in [2.75, 3.05) is 4.72 Å². The number of aryl methyl sites for hydroxylation is 1. The number of hydrogen-bond donors (Lipinski definition) is 2. The predicted octanol–water partition coefficient (Wildman–Crippen LogP) is 2.57. The van der Waals surface area contributed by atoms with Gasteiger partial charge in [0.2, 0.25) is 0 Å². The molecule has 0 aliphatic carbocycles. The number of rotatable bonds is 4. The average Bonchev–Trinajstić information content (AvgIpc) is 2.36. The maximum atomic E-state index is 13.8. The van der Waals surface area contributed by atoms with Gasteiger partial charge in [0.05, 0.1) is 12.3 Å². The summed E-state index contributed by atoms with van der Waals surface area (Å²) in [5, 5.41) is 8.88. The molecule has 2 N–H and O–H groups in total. The number of benzene rings is 2. The normalized spacial score (nSPS) is 11.4. The third-order valence-corrected chi connectivity index (χ3v) is 4.18. The standard InChI is InChI=1S/C14H13F2NO3S/c1-9-4-11(15)7-12(5-9)17-21(19,20)14-3-2-10(8-18)6-13(14)16/h2-7,17-18H,8H2,1H3. The number of halogens is 2. The molecule has 0 saturated carbocycles. The highest BCUT2D eigenvalue weighted by Gasteiger charge is 2.19. The van der Waals surface area contributed by atoms with Crippen LogP contribution in [0.2, 0.25) is 0 Å². The van der Waals surface area contributed by atoms with Crippen LogP contribution in [0.3, 0.4) is 0 Å². The second-order valence-electron chi connectivity index (χ2n) is 4.55. The summed E-state index contributed by atoms with van der Waals surface area (Å²) >= 11 is 0. The Balaban J connectivity index is 2.38. The molecule has 7 heteroatoms. The molecule has 0 amide bonds. The summed E-state index contributed by atoms with van der Waals surface area (Å²) in [5.41, 5.74) is 0.801. The number of anilines is 1. The molecule has 0 heterocycles. The Bertz CT molecular complexity index is 756. The molecule has 112 valence electrons. The molecular formula is C14H13F2NO3S. The number of aliphatic hydroxyl groups excluding tert-OH is 1. The summed E-state index contributed by atoms with van der Waals surface area (Å²) < 4.78 is 53.4. The summed E-state index contributed by atoms with van der Waals surface area (Å²) in [6, 6.07) is 6.97. The second-order valence-corrected chi connectivity index (χ2v) is 6.20. The molecular weight excluding hydrogens is 300 g/mol. The third kappa shape index (κ3) is 3.56. The van der Waals surface area contributed by atoms with Crippen LogP contribution < -0.4 is 4.72 Å². The molecule has 0 aliphatic rings. The van der Waals surface area contributed by atoms with Gasteiger partial charge in [-0.15, -0.1) is 0 Å². The highest BCUT2D eigenvalue weighted by Crippen LogP contribution is 2.21. The summed E-state index contributed by atoms with van der Waals surface area (Å²) in [6.07, 6.45) is 0. The number of hydrogen-bond acceptors (Lipinski definition) is 3. The molecule has 0 spiro atoms. The van der Waals surface area contributed by atoms with Crippen molar-refractivity contribution < 1.29 is 22.3 Å². The first-order valence-corrected chi connectivity index (χ1v) is 7.49. The van der Waals surface area contributed by atoms with E-state index in [9.17, 15) is 17.2 Å². The molecule has 0 radical (unpaired) electrons. The van der Waals surface area contributed by atoms with E-state index in [2.05, 4.69) is 4.72 Å². The first-order chi connectivity index (χ1) is 9.81. The smallest absolute Gasteiger partial charge is 0.264 e. The summed E-state index contributed by atoms with van der Waals surface area (Å²) in [6.45, 7) is 1.21. The van der Waals surface area contributed by atoms with Crippen LogP contribution >= 0.6 is 0 Å². The lowest BCUT2D eigenvalue weighted by molar-refractivity contribution is 0.281. The van der Waals surface area contributed by atoms with Crippen LogP contribution in [0.5, 0.6) is 0 Å². The monoisotopic (exact) mass is 313 g/mol. The van der Waals surface area contributed by atoms with E-state index in [1.807, 2.05) is 0 Å². The SMILES string of the molecule is Cc1cc(F)cc(NS(=O)(=O)c2ccc(CO)cc2F)c1. The summed E-state index contributed by atoms with van der Waals surface area (Å²) in [7, 11) is -4.18. The zero-order valence-electron chi connectivity index (χ0n) is 11.1. The summed E-state index contributed by atoms with van der Waals surface area (Å²) in [5.74, 6) is -1.58. The van der Waals surface area contributed by atoms with Crippen LogP contribution in [-0.4, -0.2) is 13.5 Å². The van der Waals surface area contributed by atoms with Gasteiger partial charge in [0, 0.05) is 0 Å². The lowest BCUT2D eigenvalue weighted by Gasteiger charge is -2.10. The van der Waals surface area contributed by atoms with E-state index in [-0.39, 0.29) is 11.3 Å². The van der Waals surface area contributed by atoms with Gasteiger partial charge in [0.1, 0.15) is 16.5 Å². The molecule has 0 unspecified atom stereocenters. The van der Waals surface area contributed by atoms with Crippen LogP contribution in [0.4, 0.5) is 14.5 Å². The van der Waals surface area contributed by atoms with Crippen molar-refractivity contribution in [3.8, 4) is 0 Å². The van der Waals surface area contributed by atoms with Crippen LogP contribution in [0.25, 0.3) is 0 Å². The molecule has 0 aromatic heterocycles. The molecule has 2 aromatic rings. The topological polar surface area (TPSA) is 66.4 Å². The van der Waals surface area contributed by atoms with E-state index in [0.29, 0.717) is 5.56 Å². The molecule has 4 nitrogen and oxygen atoms in total. The lowest BCUT2D eigenvalue weighted by Crippen LogP contribution is -2.15. The minimum absolute atomic E-state index is 0.0122. The second kappa shape index (κ2) is 5.79. The van der Waals surface area contributed by atoms with Gasteiger partial charge < -0.3 is 5.11 Å². The maximum absolute atomic E-state index is 13.8. The van der Waals surface area contributed by atoms with Gasteiger partial charge in [0.25, 0.3) is 10.0 Å². The number of aliphatic hydroxyl groups is 1. The Morgan fingerprint density at radius 1 is 1.14 bits per heavy atom. The van der Waals surface area contributed by atoms with Gasteiger partial charge in [-0.25, -0.2) is 17.2 Å². The molecule has 0 saturated heterocycles. The highest BCUT2D eigenvalue weighted by molar-refractivity contribution is 7.92. The Hall–Kier alpha value is -1.99. The Labute approximate surface area is 121 Å². The van der Waals surface area contributed by atoms with Gasteiger partial charge in [-0.05, 0) is 48.4 Å². The van der Waals surface area contributed by atoms with E-state index >= 15 is 0 Å². The molecule has 0 aliphatic heterocycles. The van der Waals surface area contributed by atoms with E-state index < -0.39 is 33.2 Å². The number of nitrogens with one attached hydrogen (secondary N) is 1. The molecule has 0 bridgehead atoms. The van der Waals surface area contributed by atoms with Crippen LogP contribution in [0.1, 0.15) is 11.1 Å². The van der Waals surface area contributed by atoms with E-state index in [4.69, 9.17) is 5.11 Å². The van der Waals surface area contributed by atoms with Crippen molar-refractivity contribution in [2.45, 2.75) is 18.4 Å². The van der Waals surface area contributed by atoms with Crippen molar-refractivity contribution >= 4 is 15.7 Å². The van der Waals surface area contributed by atoms with E-state index in [0.717, 1.165) is 18.2 Å². The molecule has 2 aromatic carbocycles. The minimum atomic E-state index is -4.18. The fraction of sp³-hybridized carbons (Fsp3) is 0.143. The zero-order valence-corrected chi connectivity index (χ0v) is 11.9. The molecule has 21 heavy (non-hydrogen) atoms. The average molecular weight is 313 g/mol. The summed E-state index contributed by atoms with van der Waals surface area (Å²) in [4.78, 5) is -0.568. The zero-order chi connectivity index (χ0) is 15.6. The quantitative estimate of drug-likeness (QED) is 0.911. The van der Waals surface area contributed by atoms with Crippen molar-refractivity contribution in [1.29, 1.82) is 0 Å². The van der Waals surface area contributed by atoms with Gasteiger partial charge >= 0.3 is 0 Å². The predicted molar refractivity (Wildman–Crippen MR) is 74.3 cm³/mol. The fourth-order valence-corrected chi connectivity index (χ4v) is 2.97. The van der Waals surface area contributed by atoms with Crippen molar-refractivity contribution in [1.82, 2.24) is 0 Å². The molecule has 2 rings (SSSR count). The molecule has 0 fully saturated rings. The first-order valence-electron chi connectivity index (χ1n) is 6.01. The van der Waals surface area contributed by atoms with Gasteiger partial charge in [-0.2, -0.15) is 0 Å². The van der Waals surface area contributed by atoms with Crippen LogP contribution in [-0.2, 0) is 16.6 Å². The minimum Gasteiger partial charge on any atom is -0.392 e. The van der Waals surface area contributed by atoms with Gasteiger partial charge in [-0.3, -0.25) is 4.72 Å². The Morgan fingerprint density at radius 3 is 2.43 bits per heavy atom. The van der Waals surface area contributed by atoms with Gasteiger partial charge in [0.15, 0.2) is 0 Å². The van der Waals surface area contributed by atoms with E-state index in [1.165, 1.54) is 18.2 Å².